The van der Waals surface area contributed by atoms with Gasteiger partial charge in [-0.05, 0) is 24.1 Å². The number of hydrogen-bond donors (Lipinski definition) is 0. The van der Waals surface area contributed by atoms with Gasteiger partial charge in [0.1, 0.15) is 10.2 Å². The molecule has 9 heteroatoms. The fourth-order valence-electron chi connectivity index (χ4n) is 4.52. The van der Waals surface area contributed by atoms with Gasteiger partial charge in [-0.2, -0.15) is 14.6 Å². The Kier molecular flexibility index (Phi) is 6.98. The van der Waals surface area contributed by atoms with Gasteiger partial charge < -0.3 is 4.90 Å². The third-order valence-electron chi connectivity index (χ3n) is 6.38. The molecule has 184 valence electrons. The van der Waals surface area contributed by atoms with Crippen molar-refractivity contribution in [2.24, 2.45) is 0 Å². The van der Waals surface area contributed by atoms with E-state index in [1.807, 2.05) is 30.3 Å². The second-order valence-corrected chi connectivity index (χ2v) is 10.2. The van der Waals surface area contributed by atoms with Crippen LogP contribution in [0.3, 0.4) is 0 Å². The number of anilines is 1. The Balaban J connectivity index is 1.57. The summed E-state index contributed by atoms with van der Waals surface area (Å²) in [7, 11) is 0. The summed E-state index contributed by atoms with van der Waals surface area (Å²) < 4.78 is 1.37. The van der Waals surface area contributed by atoms with Crippen LogP contribution in [0.15, 0.2) is 58.1 Å². The SMILES string of the molecule is CCCCCCCN1C(=O)C(=c2sc3nc(=O)c(Cc4ccccc4Cl)nn3c2=O)c2ccccc21. The summed E-state index contributed by atoms with van der Waals surface area (Å²) in [5, 5.41) is 4.83. The van der Waals surface area contributed by atoms with Crippen LogP contribution in [-0.4, -0.2) is 27.0 Å². The van der Waals surface area contributed by atoms with Gasteiger partial charge in [0.15, 0.2) is 0 Å². The molecule has 0 radical (unpaired) electrons. The summed E-state index contributed by atoms with van der Waals surface area (Å²) in [6, 6.07) is 14.7. The molecule has 3 heterocycles. The van der Waals surface area contributed by atoms with E-state index < -0.39 is 11.1 Å². The fourth-order valence-corrected chi connectivity index (χ4v) is 5.72. The molecule has 0 bridgehead atoms. The van der Waals surface area contributed by atoms with Crippen molar-refractivity contribution in [2.45, 2.75) is 45.4 Å². The minimum Gasteiger partial charge on any atom is -0.308 e. The Morgan fingerprint density at radius 3 is 2.50 bits per heavy atom. The molecule has 1 amide bonds. The predicted molar refractivity (Wildman–Crippen MR) is 143 cm³/mol. The summed E-state index contributed by atoms with van der Waals surface area (Å²) in [5.74, 6) is -0.199. The number of para-hydroxylation sites is 1. The lowest BCUT2D eigenvalue weighted by atomic mass is 10.1. The fraction of sp³-hybridized carbons (Fsp3) is 0.296. The molecule has 0 fully saturated rings. The van der Waals surface area contributed by atoms with Crippen molar-refractivity contribution >= 4 is 45.1 Å². The molecule has 1 aliphatic rings. The van der Waals surface area contributed by atoms with Gasteiger partial charge in [-0.25, -0.2) is 0 Å². The zero-order valence-corrected chi connectivity index (χ0v) is 21.4. The number of amides is 1. The molecular formula is C27H25ClN4O3S. The van der Waals surface area contributed by atoms with E-state index in [0.717, 1.165) is 58.3 Å². The number of fused-ring (bicyclic) bond motifs is 2. The number of rotatable bonds is 8. The zero-order chi connectivity index (χ0) is 25.2. The van der Waals surface area contributed by atoms with Crippen LogP contribution in [0.5, 0.6) is 0 Å². The number of unbranched alkanes of at least 4 members (excludes halogenated alkanes) is 4. The minimum absolute atomic E-state index is 0.124. The van der Waals surface area contributed by atoms with Crippen LogP contribution in [0.1, 0.15) is 55.8 Å². The van der Waals surface area contributed by atoms with Gasteiger partial charge in [-0.1, -0.05) is 91.9 Å². The molecule has 36 heavy (non-hydrogen) atoms. The van der Waals surface area contributed by atoms with Gasteiger partial charge >= 0.3 is 0 Å². The topological polar surface area (TPSA) is 84.6 Å². The normalized spacial score (nSPS) is 14.6. The monoisotopic (exact) mass is 520 g/mol. The van der Waals surface area contributed by atoms with E-state index >= 15 is 0 Å². The van der Waals surface area contributed by atoms with Crippen molar-refractivity contribution < 1.29 is 4.79 Å². The summed E-state index contributed by atoms with van der Waals surface area (Å²) in [4.78, 5) is 45.7. The average molecular weight is 521 g/mol. The largest absolute Gasteiger partial charge is 0.308 e. The number of hydrogen-bond acceptors (Lipinski definition) is 6. The number of carbonyl (C=O) groups excluding carboxylic acids is 1. The Morgan fingerprint density at radius 1 is 0.944 bits per heavy atom. The first kappa shape index (κ1) is 24.3. The summed E-state index contributed by atoms with van der Waals surface area (Å²) in [6.07, 6.45) is 5.58. The van der Waals surface area contributed by atoms with Crippen LogP contribution in [0.2, 0.25) is 5.02 Å². The van der Waals surface area contributed by atoms with Gasteiger partial charge in [-0.3, -0.25) is 14.4 Å². The van der Waals surface area contributed by atoms with E-state index in [4.69, 9.17) is 11.6 Å². The van der Waals surface area contributed by atoms with E-state index in [1.54, 1.807) is 23.1 Å². The van der Waals surface area contributed by atoms with Crippen LogP contribution >= 0.6 is 22.9 Å². The molecule has 5 rings (SSSR count). The predicted octanol–water partition coefficient (Wildman–Crippen LogP) is 3.99. The van der Waals surface area contributed by atoms with Gasteiger partial charge in [0.25, 0.3) is 17.0 Å². The summed E-state index contributed by atoms with van der Waals surface area (Å²) >= 11 is 7.27. The molecule has 0 atom stereocenters. The first-order valence-electron chi connectivity index (χ1n) is 12.1. The highest BCUT2D eigenvalue weighted by atomic mass is 35.5. The number of thiazole rings is 1. The molecule has 2 aromatic carbocycles. The van der Waals surface area contributed by atoms with Gasteiger partial charge in [-0.15, -0.1) is 0 Å². The van der Waals surface area contributed by atoms with E-state index in [0.29, 0.717) is 17.1 Å². The lowest BCUT2D eigenvalue weighted by Crippen LogP contribution is -2.33. The van der Waals surface area contributed by atoms with Crippen molar-refractivity contribution in [3.63, 3.8) is 0 Å². The van der Waals surface area contributed by atoms with E-state index in [9.17, 15) is 14.4 Å². The van der Waals surface area contributed by atoms with Crippen molar-refractivity contribution in [1.82, 2.24) is 14.6 Å². The lowest BCUT2D eigenvalue weighted by molar-refractivity contribution is -0.113. The molecule has 0 aliphatic carbocycles. The van der Waals surface area contributed by atoms with Crippen molar-refractivity contribution in [3.8, 4) is 0 Å². The Hall–Kier alpha value is -3.36. The van der Waals surface area contributed by atoms with Crippen LogP contribution in [0, 0.1) is 0 Å². The van der Waals surface area contributed by atoms with Gasteiger partial charge in [0, 0.05) is 23.6 Å². The second kappa shape index (κ2) is 10.3. The van der Waals surface area contributed by atoms with Gasteiger partial charge in [0.05, 0.1) is 11.3 Å². The average Bonchev–Trinajstić information content (AvgIpc) is 3.33. The third kappa shape index (κ3) is 4.47. The number of halogens is 1. The molecule has 0 N–H and O–H groups in total. The summed E-state index contributed by atoms with van der Waals surface area (Å²) in [6.45, 7) is 2.77. The molecule has 4 aromatic rings. The quantitative estimate of drug-likeness (QED) is 0.328. The molecule has 1 aliphatic heterocycles. The number of benzene rings is 2. The molecule has 2 aromatic heterocycles. The van der Waals surface area contributed by atoms with Gasteiger partial charge in [0.2, 0.25) is 4.96 Å². The highest BCUT2D eigenvalue weighted by Crippen LogP contribution is 2.35. The van der Waals surface area contributed by atoms with Crippen LogP contribution < -0.4 is 20.6 Å². The molecular weight excluding hydrogens is 496 g/mol. The Bertz CT molecular complexity index is 1630. The van der Waals surface area contributed by atoms with E-state index in [1.165, 1.54) is 6.42 Å². The number of nitrogens with zero attached hydrogens (tertiary/aromatic N) is 4. The smallest absolute Gasteiger partial charge is 0.296 e. The lowest BCUT2D eigenvalue weighted by Gasteiger charge is -2.16. The standard InChI is InChI=1S/C27H25ClN4O3S/c1-2-3-4-5-10-15-31-21-14-9-7-12-18(21)22(25(31)34)23-26(35)32-27(36-23)29-24(33)20(30-32)16-17-11-6-8-13-19(17)28/h6-9,11-14H,2-5,10,15-16H2,1H3. The Labute approximate surface area is 216 Å². The third-order valence-corrected chi connectivity index (χ3v) is 7.78. The number of carbonyl (C=O) groups is 1. The highest BCUT2D eigenvalue weighted by molar-refractivity contribution is 7.15. The molecule has 0 unspecified atom stereocenters. The molecule has 7 nitrogen and oxygen atoms in total. The van der Waals surface area contributed by atoms with E-state index in [2.05, 4.69) is 17.0 Å². The molecule has 0 saturated heterocycles. The summed E-state index contributed by atoms with van der Waals surface area (Å²) in [5.41, 5.74) is 1.75. The maximum atomic E-state index is 13.6. The Morgan fingerprint density at radius 2 is 1.69 bits per heavy atom. The maximum absolute atomic E-state index is 13.6. The van der Waals surface area contributed by atoms with Crippen LogP contribution in [-0.2, 0) is 11.2 Å². The minimum atomic E-state index is -0.514. The number of aromatic nitrogens is 3. The molecule has 0 spiro atoms. The first-order valence-corrected chi connectivity index (χ1v) is 13.3. The van der Waals surface area contributed by atoms with Crippen molar-refractivity contribution in [1.29, 1.82) is 0 Å². The molecule has 0 saturated carbocycles. The highest BCUT2D eigenvalue weighted by Gasteiger charge is 2.33. The first-order chi connectivity index (χ1) is 17.5. The van der Waals surface area contributed by atoms with Crippen LogP contribution in [0.25, 0.3) is 10.5 Å². The van der Waals surface area contributed by atoms with Crippen molar-refractivity contribution in [3.05, 3.63) is 95.6 Å². The second-order valence-electron chi connectivity index (χ2n) is 8.83. The maximum Gasteiger partial charge on any atom is 0.296 e. The van der Waals surface area contributed by atoms with Crippen molar-refractivity contribution in [2.75, 3.05) is 11.4 Å². The zero-order valence-electron chi connectivity index (χ0n) is 19.9. The van der Waals surface area contributed by atoms with Crippen LogP contribution in [0.4, 0.5) is 5.69 Å². The van der Waals surface area contributed by atoms with E-state index in [-0.39, 0.29) is 27.5 Å².